The van der Waals surface area contributed by atoms with E-state index in [1.807, 2.05) is 50.5 Å². The molecule has 3 N–H and O–H groups in total. The Morgan fingerprint density at radius 1 is 1.32 bits per heavy atom. The molecule has 11 heteroatoms. The van der Waals surface area contributed by atoms with Crippen molar-refractivity contribution in [2.75, 3.05) is 6.54 Å². The van der Waals surface area contributed by atoms with E-state index in [9.17, 15) is 19.5 Å². The van der Waals surface area contributed by atoms with Gasteiger partial charge in [-0.3, -0.25) is 0 Å². The van der Waals surface area contributed by atoms with E-state index >= 15 is 0 Å². The average Bonchev–Trinajstić information content (AvgIpc) is 3.41. The van der Waals surface area contributed by atoms with Crippen molar-refractivity contribution in [2.45, 2.75) is 63.6 Å². The van der Waals surface area contributed by atoms with Crippen LogP contribution in [0.5, 0.6) is 0 Å². The van der Waals surface area contributed by atoms with Crippen LogP contribution in [-0.4, -0.2) is 86.5 Å². The number of carbonyl (C=O) groups is 3. The van der Waals surface area contributed by atoms with Gasteiger partial charge in [-0.05, 0) is 12.5 Å². The Balaban J connectivity index is 1.68. The average molecular weight is 694 g/mol. The Bertz CT molecular complexity index is 1040. The van der Waals surface area contributed by atoms with Gasteiger partial charge >= 0.3 is 178 Å². The van der Waals surface area contributed by atoms with E-state index in [0.717, 1.165) is 21.7 Å². The number of aliphatic hydroxyl groups is 1. The van der Waals surface area contributed by atoms with E-state index in [2.05, 4.69) is 15.6 Å². The minimum atomic E-state index is -0.784. The molecule has 1 fully saturated rings. The molecule has 8 nitrogen and oxygen atoms in total. The van der Waals surface area contributed by atoms with E-state index < -0.39 is 22.9 Å². The minimum absolute atomic E-state index is 0.0695. The third kappa shape index (κ3) is 6.38. The van der Waals surface area contributed by atoms with Crippen molar-refractivity contribution in [3.63, 3.8) is 0 Å². The normalized spacial score (nSPS) is 19.0. The number of thiazole rings is 1. The van der Waals surface area contributed by atoms with Gasteiger partial charge in [-0.25, -0.2) is 4.98 Å². The van der Waals surface area contributed by atoms with Crippen LogP contribution in [0, 0.1) is 6.92 Å². The van der Waals surface area contributed by atoms with Crippen LogP contribution < -0.4 is 10.6 Å². The van der Waals surface area contributed by atoms with Crippen LogP contribution in [0.4, 0.5) is 0 Å². The zero-order valence-electron chi connectivity index (χ0n) is 19.7. The number of hydrogen-bond acceptors (Lipinski definition) is 7. The number of hydrogen-bond donors (Lipinski definition) is 3. The summed E-state index contributed by atoms with van der Waals surface area (Å²) in [6, 6.07) is 6.37. The second-order valence-corrected chi connectivity index (χ2v) is 13.8. The number of nitrogens with one attached hydrogen (secondary N) is 2. The second-order valence-electron chi connectivity index (χ2n) is 8.93. The number of amides is 3. The van der Waals surface area contributed by atoms with E-state index in [-0.39, 0.29) is 30.7 Å². The van der Waals surface area contributed by atoms with Crippen molar-refractivity contribution >= 4 is 61.6 Å². The van der Waals surface area contributed by atoms with Gasteiger partial charge in [0.1, 0.15) is 0 Å². The first-order chi connectivity index (χ1) is 16.0. The van der Waals surface area contributed by atoms with Crippen molar-refractivity contribution in [3.05, 3.63) is 41.0 Å². The number of nitrogens with zero attached hydrogens (tertiary/aromatic N) is 2. The Hall–Kier alpha value is -1.51. The maximum atomic E-state index is 13.4. The van der Waals surface area contributed by atoms with Gasteiger partial charge < -0.3 is 0 Å². The van der Waals surface area contributed by atoms with Crippen LogP contribution in [0.2, 0.25) is 0 Å². The molecule has 0 radical (unpaired) electrons. The van der Waals surface area contributed by atoms with Crippen LogP contribution in [0.3, 0.4) is 0 Å². The number of benzene rings is 1. The molecule has 3 rings (SSSR count). The Labute approximate surface area is 222 Å². The van der Waals surface area contributed by atoms with Gasteiger partial charge in [0.05, 0.1) is 16.1 Å². The first kappa shape index (κ1) is 27.1. The fraction of sp³-hybridized carbons (Fsp3) is 0.478. The van der Waals surface area contributed by atoms with Crippen molar-refractivity contribution in [1.29, 1.82) is 0 Å². The Morgan fingerprint density at radius 3 is 2.56 bits per heavy atom. The molecule has 1 aliphatic heterocycles. The summed E-state index contributed by atoms with van der Waals surface area (Å²) in [5.74, 6) is -0.954. The number of β-amino-alcohol motifs (C(OH)–C–C–N with tert-alkyl or cyclic N) is 1. The molecule has 0 saturated carbocycles. The first-order valence-electron chi connectivity index (χ1n) is 10.9. The van der Waals surface area contributed by atoms with Crippen molar-refractivity contribution in [1.82, 2.24) is 20.5 Å². The fourth-order valence-electron chi connectivity index (χ4n) is 3.94. The van der Waals surface area contributed by atoms with Crippen molar-refractivity contribution in [2.24, 2.45) is 0 Å². The molecular weight excluding hydrogens is 665 g/mol. The van der Waals surface area contributed by atoms with Crippen molar-refractivity contribution in [3.8, 4) is 10.4 Å². The fourth-order valence-corrected chi connectivity index (χ4v) is 6.63. The molecule has 1 saturated heterocycles. The summed E-state index contributed by atoms with van der Waals surface area (Å²) in [5.41, 5.74) is 4.82. The van der Waals surface area contributed by atoms with E-state index in [1.165, 1.54) is 11.8 Å². The van der Waals surface area contributed by atoms with Crippen LogP contribution >= 0.6 is 19.6 Å². The maximum absolute atomic E-state index is 13.4. The molecule has 0 unspecified atom stereocenters. The van der Waals surface area contributed by atoms with Crippen molar-refractivity contribution < 1.29 is 19.5 Å². The Morgan fingerprint density at radius 2 is 2.00 bits per heavy atom. The molecule has 2 heterocycles. The summed E-state index contributed by atoms with van der Waals surface area (Å²) in [6.07, 6.45) is -0.613. The van der Waals surface area contributed by atoms with Gasteiger partial charge in [-0.2, -0.15) is 0 Å². The standard InChI is InChI=1S/C23H30N4O4S2.Tl/c1-13-19(33-12-25-13)16-7-5-15(6-8-16)10-24-21(30)18-9-17(29)11-27(18)22(31)20(23(3,4)32)26-14(2)28;/h5-8,12,17-18,20,29,32H,9-11H2,1-4H3,(H,24,30)(H,26,28);/q;+1/p-1/t17-,18+,20-;/m1./s1. The molecule has 34 heavy (non-hydrogen) atoms. The van der Waals surface area contributed by atoms with Gasteiger partial charge in [0, 0.05) is 0 Å². The molecule has 3 amide bonds. The molecule has 2 aromatic rings. The van der Waals surface area contributed by atoms with Crippen LogP contribution in [-0.2, 0) is 20.9 Å². The summed E-state index contributed by atoms with van der Waals surface area (Å²) in [5, 5.41) is 15.9. The molecule has 0 aliphatic carbocycles. The summed E-state index contributed by atoms with van der Waals surface area (Å²) in [4.78, 5) is 45.1. The zero-order chi connectivity index (χ0) is 25.0. The molecule has 1 aromatic heterocycles. The van der Waals surface area contributed by atoms with E-state index in [4.69, 9.17) is 0 Å². The second kappa shape index (κ2) is 11.5. The number of rotatable bonds is 8. The van der Waals surface area contributed by atoms with Crippen LogP contribution in [0.15, 0.2) is 29.8 Å². The number of aliphatic hydroxyl groups excluding tert-OH is 1. The zero-order valence-corrected chi connectivity index (χ0v) is 25.8. The van der Waals surface area contributed by atoms with E-state index in [1.54, 1.807) is 19.6 Å². The summed E-state index contributed by atoms with van der Waals surface area (Å²) in [6.45, 7) is 7.56. The quantitative estimate of drug-likeness (QED) is 0.364. The van der Waals surface area contributed by atoms with Gasteiger partial charge in [-0.1, -0.05) is 0 Å². The molecule has 1 aliphatic rings. The SMILES string of the molecule is CC(=O)N[C@H](C(=O)N1C[C@H](O)C[C@H]1C(=O)NCc1ccc(-c2scnc2C)cc1)C(C)(C)[S][Tl]. The van der Waals surface area contributed by atoms with E-state index in [0.29, 0.717) is 30.8 Å². The predicted molar refractivity (Wildman–Crippen MR) is 135 cm³/mol. The molecule has 0 spiro atoms. The van der Waals surface area contributed by atoms with Gasteiger partial charge in [0.15, 0.2) is 0 Å². The number of likely N-dealkylation sites (tertiary alicyclic amines) is 1. The molecular formula is C23H29N4O4S2Tl. The molecule has 3 atom stereocenters. The molecule has 180 valence electrons. The number of carbonyl (C=O) groups excluding carboxylic acids is 3. The third-order valence-electron chi connectivity index (χ3n) is 5.89. The predicted octanol–water partition coefficient (Wildman–Crippen LogP) is 1.80. The summed E-state index contributed by atoms with van der Waals surface area (Å²) in [7, 11) is 1.62. The van der Waals surface area contributed by atoms with Gasteiger partial charge in [0.2, 0.25) is 0 Å². The monoisotopic (exact) mass is 694 g/mol. The van der Waals surface area contributed by atoms with Crippen LogP contribution in [0.1, 0.15) is 38.4 Å². The number of aromatic nitrogens is 1. The van der Waals surface area contributed by atoms with Crippen LogP contribution in [0.25, 0.3) is 10.4 Å². The molecule has 1 aromatic carbocycles. The summed E-state index contributed by atoms with van der Waals surface area (Å²) < 4.78 is -0.514. The topological polar surface area (TPSA) is 112 Å². The molecule has 0 bridgehead atoms. The first-order valence-corrected chi connectivity index (χ1v) is 18.2. The van der Waals surface area contributed by atoms with Gasteiger partial charge in [-0.15, -0.1) is 11.3 Å². The third-order valence-corrected chi connectivity index (χ3v) is 14.8. The van der Waals surface area contributed by atoms with Gasteiger partial charge in [0.25, 0.3) is 0 Å². The summed E-state index contributed by atoms with van der Waals surface area (Å²) >= 11 is 2.16. The number of aryl methyl sites for hydroxylation is 1. The Kier molecular flexibility index (Phi) is 9.15.